The van der Waals surface area contributed by atoms with Crippen LogP contribution in [0.4, 0.5) is 5.95 Å². The molecule has 1 unspecified atom stereocenters. The van der Waals surface area contributed by atoms with E-state index < -0.39 is 5.97 Å². The molecule has 1 amide bonds. The molecule has 3 N–H and O–H groups in total. The molecular formula is C13H20N4O3. The Morgan fingerprint density at radius 2 is 2.15 bits per heavy atom. The van der Waals surface area contributed by atoms with Gasteiger partial charge in [0.1, 0.15) is 0 Å². The molecule has 0 aliphatic carbocycles. The van der Waals surface area contributed by atoms with E-state index >= 15 is 0 Å². The molecule has 0 bridgehead atoms. The standard InChI is InChI=1S/C13H20N4O3/c1-4-8(2)16-11(18)5-6-14-13-15-7-10(12(19)20)9(3)17-13/h7-8H,4-6H2,1-3H3,(H,16,18)(H,19,20)(H,14,15,17). The first kappa shape index (κ1) is 15.9. The topological polar surface area (TPSA) is 104 Å². The van der Waals surface area contributed by atoms with Crippen molar-refractivity contribution in [1.82, 2.24) is 15.3 Å². The molecule has 1 aromatic rings. The monoisotopic (exact) mass is 280 g/mol. The number of carbonyl (C=O) groups is 2. The van der Waals surface area contributed by atoms with E-state index in [9.17, 15) is 9.59 Å². The van der Waals surface area contributed by atoms with Gasteiger partial charge in [-0.3, -0.25) is 4.79 Å². The van der Waals surface area contributed by atoms with E-state index in [1.807, 2.05) is 13.8 Å². The molecule has 7 nitrogen and oxygen atoms in total. The molecule has 0 aliphatic rings. The highest BCUT2D eigenvalue weighted by molar-refractivity contribution is 5.88. The summed E-state index contributed by atoms with van der Waals surface area (Å²) < 4.78 is 0. The van der Waals surface area contributed by atoms with Crippen molar-refractivity contribution in [3.8, 4) is 0 Å². The third kappa shape index (κ3) is 4.83. The number of hydrogen-bond acceptors (Lipinski definition) is 5. The Morgan fingerprint density at radius 1 is 1.45 bits per heavy atom. The van der Waals surface area contributed by atoms with Gasteiger partial charge in [0.2, 0.25) is 11.9 Å². The molecule has 0 saturated heterocycles. The molecule has 0 aliphatic heterocycles. The lowest BCUT2D eigenvalue weighted by atomic mass is 10.2. The number of aryl methyl sites for hydroxylation is 1. The van der Waals surface area contributed by atoms with Gasteiger partial charge < -0.3 is 15.7 Å². The summed E-state index contributed by atoms with van der Waals surface area (Å²) in [5, 5.41) is 14.6. The molecule has 0 fully saturated rings. The zero-order valence-electron chi connectivity index (χ0n) is 11.9. The van der Waals surface area contributed by atoms with Crippen LogP contribution in [0.1, 0.15) is 42.7 Å². The summed E-state index contributed by atoms with van der Waals surface area (Å²) in [6.07, 6.45) is 2.46. The fourth-order valence-electron chi connectivity index (χ4n) is 1.50. The van der Waals surface area contributed by atoms with Crippen molar-refractivity contribution in [1.29, 1.82) is 0 Å². The number of carbonyl (C=O) groups excluding carboxylic acids is 1. The number of nitrogens with zero attached hydrogens (tertiary/aromatic N) is 2. The van der Waals surface area contributed by atoms with Crippen molar-refractivity contribution in [2.75, 3.05) is 11.9 Å². The molecule has 1 rings (SSSR count). The van der Waals surface area contributed by atoms with E-state index in [1.165, 1.54) is 6.20 Å². The Balaban J connectivity index is 2.45. The molecule has 0 aromatic carbocycles. The predicted molar refractivity (Wildman–Crippen MR) is 74.7 cm³/mol. The van der Waals surface area contributed by atoms with Crippen molar-refractivity contribution < 1.29 is 14.7 Å². The number of carboxylic acid groups (broad SMARTS) is 1. The number of amides is 1. The van der Waals surface area contributed by atoms with E-state index in [1.54, 1.807) is 6.92 Å². The summed E-state index contributed by atoms with van der Waals surface area (Å²) in [6, 6.07) is 0.163. The van der Waals surface area contributed by atoms with Crippen LogP contribution in [0.5, 0.6) is 0 Å². The van der Waals surface area contributed by atoms with E-state index in [4.69, 9.17) is 5.11 Å². The average molecular weight is 280 g/mol. The van der Waals surface area contributed by atoms with Crippen LogP contribution >= 0.6 is 0 Å². The average Bonchev–Trinajstić information content (AvgIpc) is 2.38. The maximum atomic E-state index is 11.5. The van der Waals surface area contributed by atoms with Crippen molar-refractivity contribution in [3.05, 3.63) is 17.5 Å². The van der Waals surface area contributed by atoms with Gasteiger partial charge in [-0.1, -0.05) is 6.92 Å². The first-order valence-electron chi connectivity index (χ1n) is 6.54. The van der Waals surface area contributed by atoms with E-state index in [0.29, 0.717) is 24.6 Å². The Labute approximate surface area is 117 Å². The smallest absolute Gasteiger partial charge is 0.339 e. The number of aromatic carboxylic acids is 1. The summed E-state index contributed by atoms with van der Waals surface area (Å²) in [5.74, 6) is -0.767. The number of aromatic nitrogens is 2. The van der Waals surface area contributed by atoms with Gasteiger partial charge in [0.25, 0.3) is 0 Å². The van der Waals surface area contributed by atoms with E-state index in [-0.39, 0.29) is 17.5 Å². The van der Waals surface area contributed by atoms with Crippen molar-refractivity contribution in [2.45, 2.75) is 39.7 Å². The molecule has 110 valence electrons. The number of carboxylic acids is 1. The van der Waals surface area contributed by atoms with E-state index in [2.05, 4.69) is 20.6 Å². The van der Waals surface area contributed by atoms with Gasteiger partial charge in [-0.15, -0.1) is 0 Å². The number of hydrogen-bond donors (Lipinski definition) is 3. The second-order valence-corrected chi connectivity index (χ2v) is 4.55. The summed E-state index contributed by atoms with van der Waals surface area (Å²) in [7, 11) is 0. The number of anilines is 1. The van der Waals surface area contributed by atoms with Gasteiger partial charge >= 0.3 is 5.97 Å². The molecular weight excluding hydrogens is 260 g/mol. The fraction of sp³-hybridized carbons (Fsp3) is 0.538. The van der Waals surface area contributed by atoms with Gasteiger partial charge in [-0.2, -0.15) is 0 Å². The zero-order chi connectivity index (χ0) is 15.1. The van der Waals surface area contributed by atoms with Crippen LogP contribution in [-0.2, 0) is 4.79 Å². The van der Waals surface area contributed by atoms with Crippen molar-refractivity contribution in [2.24, 2.45) is 0 Å². The maximum absolute atomic E-state index is 11.5. The predicted octanol–water partition coefficient (Wildman–Crippen LogP) is 1.20. The van der Waals surface area contributed by atoms with Gasteiger partial charge in [-0.05, 0) is 20.3 Å². The second kappa shape index (κ2) is 7.42. The molecule has 20 heavy (non-hydrogen) atoms. The second-order valence-electron chi connectivity index (χ2n) is 4.55. The third-order valence-corrected chi connectivity index (χ3v) is 2.86. The molecule has 0 radical (unpaired) electrons. The van der Waals surface area contributed by atoms with Crippen LogP contribution in [0.3, 0.4) is 0 Å². The minimum atomic E-state index is -1.05. The van der Waals surface area contributed by atoms with Crippen LogP contribution in [0.25, 0.3) is 0 Å². The lowest BCUT2D eigenvalue weighted by molar-refractivity contribution is -0.121. The Bertz CT molecular complexity index is 491. The Morgan fingerprint density at radius 3 is 2.70 bits per heavy atom. The van der Waals surface area contributed by atoms with Gasteiger partial charge in [0.05, 0.1) is 11.3 Å². The molecule has 7 heteroatoms. The van der Waals surface area contributed by atoms with Crippen LogP contribution in [0, 0.1) is 6.92 Å². The quantitative estimate of drug-likeness (QED) is 0.693. The summed E-state index contributed by atoms with van der Waals surface area (Å²) in [5.41, 5.74) is 0.462. The zero-order valence-corrected chi connectivity index (χ0v) is 11.9. The molecule has 1 atom stereocenters. The number of nitrogens with one attached hydrogen (secondary N) is 2. The lowest BCUT2D eigenvalue weighted by Crippen LogP contribution is -2.33. The highest BCUT2D eigenvalue weighted by Crippen LogP contribution is 2.06. The normalized spacial score (nSPS) is 11.8. The summed E-state index contributed by atoms with van der Waals surface area (Å²) in [6.45, 7) is 5.95. The van der Waals surface area contributed by atoms with Gasteiger partial charge in [-0.25, -0.2) is 14.8 Å². The Hall–Kier alpha value is -2.18. The molecule has 0 saturated carbocycles. The van der Waals surface area contributed by atoms with Crippen LogP contribution in [0.2, 0.25) is 0 Å². The van der Waals surface area contributed by atoms with Gasteiger partial charge in [0.15, 0.2) is 0 Å². The minimum Gasteiger partial charge on any atom is -0.478 e. The first-order valence-corrected chi connectivity index (χ1v) is 6.54. The highest BCUT2D eigenvalue weighted by atomic mass is 16.4. The van der Waals surface area contributed by atoms with Crippen LogP contribution in [0.15, 0.2) is 6.20 Å². The lowest BCUT2D eigenvalue weighted by Gasteiger charge is -2.11. The van der Waals surface area contributed by atoms with Crippen molar-refractivity contribution >= 4 is 17.8 Å². The highest BCUT2D eigenvalue weighted by Gasteiger charge is 2.10. The minimum absolute atomic E-state index is 0.0364. The Kier molecular flexibility index (Phi) is 5.89. The molecule has 1 heterocycles. The third-order valence-electron chi connectivity index (χ3n) is 2.86. The first-order chi connectivity index (χ1) is 9.43. The van der Waals surface area contributed by atoms with Gasteiger partial charge in [0, 0.05) is 25.2 Å². The van der Waals surface area contributed by atoms with Crippen LogP contribution in [-0.4, -0.2) is 39.5 Å². The fourth-order valence-corrected chi connectivity index (χ4v) is 1.50. The van der Waals surface area contributed by atoms with Crippen LogP contribution < -0.4 is 10.6 Å². The SMILES string of the molecule is CCC(C)NC(=O)CCNc1ncc(C(=O)O)c(C)n1. The summed E-state index contributed by atoms with van der Waals surface area (Å²) >= 11 is 0. The molecule has 0 spiro atoms. The largest absolute Gasteiger partial charge is 0.478 e. The maximum Gasteiger partial charge on any atom is 0.339 e. The summed E-state index contributed by atoms with van der Waals surface area (Å²) in [4.78, 5) is 30.3. The molecule has 1 aromatic heterocycles. The van der Waals surface area contributed by atoms with Crippen molar-refractivity contribution in [3.63, 3.8) is 0 Å². The van der Waals surface area contributed by atoms with E-state index in [0.717, 1.165) is 6.42 Å². The number of rotatable bonds is 7.